The van der Waals surface area contributed by atoms with E-state index in [0.29, 0.717) is 27.0 Å². The average molecular weight is 478 g/mol. The Labute approximate surface area is 192 Å². The quantitative estimate of drug-likeness (QED) is 0.295. The van der Waals surface area contributed by atoms with E-state index >= 15 is 0 Å². The van der Waals surface area contributed by atoms with E-state index in [1.54, 1.807) is 18.2 Å². The summed E-state index contributed by atoms with van der Waals surface area (Å²) in [5.41, 5.74) is 2.21. The van der Waals surface area contributed by atoms with Crippen molar-refractivity contribution in [1.82, 2.24) is 10.2 Å². The molecule has 0 spiro atoms. The van der Waals surface area contributed by atoms with Gasteiger partial charge in [0.25, 0.3) is 5.22 Å². The Morgan fingerprint density at radius 3 is 2.90 bits per heavy atom. The van der Waals surface area contributed by atoms with Crippen LogP contribution in [0.5, 0.6) is 0 Å². The molecule has 0 saturated carbocycles. The van der Waals surface area contributed by atoms with Crippen LogP contribution >= 0.6 is 34.7 Å². The molecule has 1 aliphatic carbocycles. The normalized spacial score (nSPS) is 13.4. The summed E-state index contributed by atoms with van der Waals surface area (Å²) in [6, 6.07) is 7.10. The second-order valence-electron chi connectivity index (χ2n) is 6.98. The van der Waals surface area contributed by atoms with Gasteiger partial charge in [0, 0.05) is 15.5 Å². The third-order valence-corrected chi connectivity index (χ3v) is 7.13. The van der Waals surface area contributed by atoms with Gasteiger partial charge in [0.15, 0.2) is 0 Å². The number of carbonyl (C=O) groups excluding carboxylic acids is 2. The SMILES string of the molecule is COC(=O)c1c(NC(=O)CSc2nnc(-c3cccc(Cl)c3)o2)sc2c1CCCCC2. The van der Waals surface area contributed by atoms with Crippen LogP contribution in [0.2, 0.25) is 5.02 Å². The Kier molecular flexibility index (Phi) is 6.94. The Morgan fingerprint density at radius 2 is 2.10 bits per heavy atom. The third-order valence-electron chi connectivity index (χ3n) is 4.87. The van der Waals surface area contributed by atoms with Crippen molar-refractivity contribution < 1.29 is 18.7 Å². The Hall–Kier alpha value is -2.36. The molecule has 1 aliphatic rings. The average Bonchev–Trinajstić information content (AvgIpc) is 3.30. The number of halogens is 1. The van der Waals surface area contributed by atoms with Crippen LogP contribution in [0, 0.1) is 0 Å². The van der Waals surface area contributed by atoms with Crippen molar-refractivity contribution in [3.63, 3.8) is 0 Å². The van der Waals surface area contributed by atoms with Crippen molar-refractivity contribution in [1.29, 1.82) is 0 Å². The highest BCUT2D eigenvalue weighted by atomic mass is 35.5. The van der Waals surface area contributed by atoms with Crippen molar-refractivity contribution in [2.45, 2.75) is 37.3 Å². The topological polar surface area (TPSA) is 94.3 Å². The van der Waals surface area contributed by atoms with E-state index in [0.717, 1.165) is 54.3 Å². The molecule has 2 aromatic heterocycles. The highest BCUT2D eigenvalue weighted by molar-refractivity contribution is 7.99. The number of aryl methyl sites for hydroxylation is 1. The summed E-state index contributed by atoms with van der Waals surface area (Å²) in [6.07, 6.45) is 5.01. The fourth-order valence-electron chi connectivity index (χ4n) is 3.44. The molecule has 31 heavy (non-hydrogen) atoms. The largest absolute Gasteiger partial charge is 0.465 e. The number of nitrogens with zero attached hydrogens (tertiary/aromatic N) is 2. The zero-order valence-electron chi connectivity index (χ0n) is 16.8. The summed E-state index contributed by atoms with van der Waals surface area (Å²) in [5, 5.41) is 12.2. The van der Waals surface area contributed by atoms with E-state index in [1.165, 1.54) is 18.4 Å². The molecule has 0 fully saturated rings. The number of esters is 1. The lowest BCUT2D eigenvalue weighted by Gasteiger charge is -2.07. The number of nitrogens with one attached hydrogen (secondary N) is 1. The first-order valence-corrected chi connectivity index (χ1v) is 12.0. The zero-order valence-corrected chi connectivity index (χ0v) is 19.2. The van der Waals surface area contributed by atoms with Crippen LogP contribution in [0.1, 0.15) is 40.1 Å². The van der Waals surface area contributed by atoms with Gasteiger partial charge in [-0.15, -0.1) is 21.5 Å². The molecule has 2 heterocycles. The van der Waals surface area contributed by atoms with E-state index in [4.69, 9.17) is 20.8 Å². The van der Waals surface area contributed by atoms with Crippen LogP contribution in [0.3, 0.4) is 0 Å². The van der Waals surface area contributed by atoms with Crippen molar-refractivity contribution in [2.75, 3.05) is 18.2 Å². The number of methoxy groups -OCH3 is 1. The lowest BCUT2D eigenvalue weighted by atomic mass is 10.1. The summed E-state index contributed by atoms with van der Waals surface area (Å²) in [7, 11) is 1.36. The first-order valence-electron chi connectivity index (χ1n) is 9.80. The fourth-order valence-corrected chi connectivity index (χ4v) is 5.49. The highest BCUT2D eigenvalue weighted by Crippen LogP contribution is 2.38. The van der Waals surface area contributed by atoms with E-state index in [2.05, 4.69) is 15.5 Å². The standard InChI is InChI=1S/C21H20ClN3O4S2/c1-28-20(27)17-14-8-3-2-4-9-15(14)31-19(17)23-16(26)11-30-21-25-24-18(29-21)12-6-5-7-13(22)10-12/h5-7,10H,2-4,8-9,11H2,1H3,(H,23,26). The van der Waals surface area contributed by atoms with Gasteiger partial charge in [-0.25, -0.2) is 4.79 Å². The van der Waals surface area contributed by atoms with Crippen LogP contribution in [-0.2, 0) is 22.4 Å². The van der Waals surface area contributed by atoms with Crippen molar-refractivity contribution in [2.24, 2.45) is 0 Å². The fraction of sp³-hybridized carbons (Fsp3) is 0.333. The molecule has 0 bridgehead atoms. The number of fused-ring (bicyclic) bond motifs is 1. The zero-order chi connectivity index (χ0) is 21.8. The number of aromatic nitrogens is 2. The molecule has 10 heteroatoms. The molecule has 0 saturated heterocycles. The number of benzene rings is 1. The van der Waals surface area contributed by atoms with E-state index in [1.807, 2.05) is 6.07 Å². The van der Waals surface area contributed by atoms with E-state index in [-0.39, 0.29) is 16.9 Å². The Balaban J connectivity index is 1.43. The van der Waals surface area contributed by atoms with Crippen molar-refractivity contribution in [3.8, 4) is 11.5 Å². The molecular weight excluding hydrogens is 458 g/mol. The van der Waals surface area contributed by atoms with Gasteiger partial charge < -0.3 is 14.5 Å². The Bertz CT molecular complexity index is 1110. The Morgan fingerprint density at radius 1 is 1.26 bits per heavy atom. The van der Waals surface area contributed by atoms with Crippen LogP contribution in [0.4, 0.5) is 5.00 Å². The van der Waals surface area contributed by atoms with Crippen LogP contribution in [0.15, 0.2) is 33.9 Å². The summed E-state index contributed by atoms with van der Waals surface area (Å²) >= 11 is 8.59. The number of thioether (sulfide) groups is 1. The monoisotopic (exact) mass is 477 g/mol. The predicted octanol–water partition coefficient (Wildman–Crippen LogP) is 5.24. The lowest BCUT2D eigenvalue weighted by Crippen LogP contribution is -2.16. The highest BCUT2D eigenvalue weighted by Gasteiger charge is 2.26. The number of amides is 1. The summed E-state index contributed by atoms with van der Waals surface area (Å²) in [6.45, 7) is 0. The maximum absolute atomic E-state index is 12.6. The first kappa shape index (κ1) is 21.9. The van der Waals surface area contributed by atoms with Gasteiger partial charge in [-0.05, 0) is 49.4 Å². The molecule has 1 aromatic carbocycles. The van der Waals surface area contributed by atoms with Gasteiger partial charge in [0.1, 0.15) is 5.00 Å². The smallest absolute Gasteiger partial charge is 0.341 e. The first-order chi connectivity index (χ1) is 15.0. The molecule has 3 aromatic rings. The number of rotatable bonds is 6. The molecule has 1 N–H and O–H groups in total. The number of hydrogen-bond donors (Lipinski definition) is 1. The number of ether oxygens (including phenoxy) is 1. The maximum atomic E-state index is 12.6. The molecule has 1 amide bonds. The van der Waals surface area contributed by atoms with Gasteiger partial charge in [-0.1, -0.05) is 35.9 Å². The molecule has 0 unspecified atom stereocenters. The summed E-state index contributed by atoms with van der Waals surface area (Å²) < 4.78 is 10.6. The molecule has 162 valence electrons. The van der Waals surface area contributed by atoms with Crippen LogP contribution < -0.4 is 5.32 Å². The van der Waals surface area contributed by atoms with E-state index in [9.17, 15) is 9.59 Å². The number of anilines is 1. The maximum Gasteiger partial charge on any atom is 0.341 e. The van der Waals surface area contributed by atoms with Gasteiger partial charge in [0.05, 0.1) is 18.4 Å². The van der Waals surface area contributed by atoms with Gasteiger partial charge in [-0.2, -0.15) is 0 Å². The van der Waals surface area contributed by atoms with Crippen LogP contribution in [0.25, 0.3) is 11.5 Å². The minimum absolute atomic E-state index is 0.0698. The number of carbonyl (C=O) groups is 2. The number of thiophene rings is 1. The van der Waals surface area contributed by atoms with Gasteiger partial charge >= 0.3 is 5.97 Å². The second-order valence-corrected chi connectivity index (χ2v) is 9.45. The van der Waals surface area contributed by atoms with Crippen LogP contribution in [-0.4, -0.2) is 34.9 Å². The third kappa shape index (κ3) is 5.11. The summed E-state index contributed by atoms with van der Waals surface area (Å²) in [4.78, 5) is 26.1. The van der Waals surface area contributed by atoms with Gasteiger partial charge in [0.2, 0.25) is 11.8 Å². The lowest BCUT2D eigenvalue weighted by molar-refractivity contribution is -0.113. The molecular formula is C21H20ClN3O4S2. The summed E-state index contributed by atoms with van der Waals surface area (Å²) in [5.74, 6) is -0.264. The molecule has 0 atom stereocenters. The molecule has 0 radical (unpaired) electrons. The second kappa shape index (κ2) is 9.84. The van der Waals surface area contributed by atoms with Gasteiger partial charge in [-0.3, -0.25) is 4.79 Å². The van der Waals surface area contributed by atoms with Crippen molar-refractivity contribution in [3.05, 3.63) is 45.3 Å². The van der Waals surface area contributed by atoms with E-state index < -0.39 is 5.97 Å². The molecule has 4 rings (SSSR count). The minimum atomic E-state index is -0.412. The van der Waals surface area contributed by atoms with Crippen molar-refractivity contribution >= 4 is 51.6 Å². The minimum Gasteiger partial charge on any atom is -0.465 e. The molecule has 7 nitrogen and oxygen atoms in total. The predicted molar refractivity (Wildman–Crippen MR) is 121 cm³/mol. The number of hydrogen-bond acceptors (Lipinski definition) is 8. The molecule has 0 aliphatic heterocycles.